The third kappa shape index (κ3) is 2.46. The summed E-state index contributed by atoms with van der Waals surface area (Å²) in [5, 5.41) is 20.4. The van der Waals surface area contributed by atoms with Crippen molar-refractivity contribution >= 4 is 5.95 Å². The number of H-pyrrole nitrogens is 1. The van der Waals surface area contributed by atoms with Gasteiger partial charge in [0.1, 0.15) is 5.75 Å². The Labute approximate surface area is 117 Å². The molecule has 0 unspecified atom stereocenters. The van der Waals surface area contributed by atoms with Gasteiger partial charge in [-0.3, -0.25) is 5.10 Å². The van der Waals surface area contributed by atoms with Crippen LogP contribution in [0.1, 0.15) is 12.5 Å². The third-order valence-electron chi connectivity index (χ3n) is 3.61. The Morgan fingerprint density at radius 1 is 1.40 bits per heavy atom. The largest absolute Gasteiger partial charge is 0.508 e. The van der Waals surface area contributed by atoms with E-state index in [1.54, 1.807) is 6.07 Å². The summed E-state index contributed by atoms with van der Waals surface area (Å²) in [6.45, 7) is 6.76. The number of hydrogen-bond acceptors (Lipinski definition) is 5. The molecule has 0 amide bonds. The van der Waals surface area contributed by atoms with Gasteiger partial charge in [0.25, 0.3) is 0 Å². The molecule has 1 aromatic heterocycles. The standard InChI is InChI=1S/C14H19N5O/c1-9-3-4-11(7-12(9)20)13-16-14(18-17-13)19-6-5-15-10(2)8-19/h3-4,7,10,15,20H,5-6,8H2,1-2H3,(H,16,17,18)/t10-/m0/s1. The second-order valence-electron chi connectivity index (χ2n) is 5.29. The summed E-state index contributed by atoms with van der Waals surface area (Å²) < 4.78 is 0. The van der Waals surface area contributed by atoms with E-state index in [0.29, 0.717) is 17.8 Å². The number of nitrogens with zero attached hydrogens (tertiary/aromatic N) is 3. The first kappa shape index (κ1) is 12.9. The van der Waals surface area contributed by atoms with Crippen molar-refractivity contribution in [1.82, 2.24) is 20.5 Å². The van der Waals surface area contributed by atoms with E-state index < -0.39 is 0 Å². The number of aryl methyl sites for hydroxylation is 1. The van der Waals surface area contributed by atoms with Crippen molar-refractivity contribution in [3.8, 4) is 17.1 Å². The van der Waals surface area contributed by atoms with Crippen molar-refractivity contribution in [3.05, 3.63) is 23.8 Å². The maximum absolute atomic E-state index is 9.77. The fourth-order valence-corrected chi connectivity index (χ4v) is 2.39. The summed E-state index contributed by atoms with van der Waals surface area (Å²) in [6.07, 6.45) is 0. The van der Waals surface area contributed by atoms with Gasteiger partial charge in [-0.1, -0.05) is 12.1 Å². The quantitative estimate of drug-likeness (QED) is 0.768. The summed E-state index contributed by atoms with van der Waals surface area (Å²) >= 11 is 0. The maximum atomic E-state index is 9.77. The number of aromatic nitrogens is 3. The fraction of sp³-hybridized carbons (Fsp3) is 0.429. The second-order valence-corrected chi connectivity index (χ2v) is 5.29. The molecule has 20 heavy (non-hydrogen) atoms. The summed E-state index contributed by atoms with van der Waals surface area (Å²) in [5.74, 6) is 1.67. The minimum atomic E-state index is 0.274. The van der Waals surface area contributed by atoms with E-state index in [0.717, 1.165) is 30.8 Å². The molecule has 2 heterocycles. The monoisotopic (exact) mass is 273 g/mol. The van der Waals surface area contributed by atoms with Crippen molar-refractivity contribution in [2.24, 2.45) is 0 Å². The Morgan fingerprint density at radius 3 is 3.00 bits per heavy atom. The molecule has 1 atom stereocenters. The van der Waals surface area contributed by atoms with E-state index in [2.05, 4.69) is 32.3 Å². The van der Waals surface area contributed by atoms with Gasteiger partial charge in [0.05, 0.1) is 0 Å². The zero-order chi connectivity index (χ0) is 14.1. The van der Waals surface area contributed by atoms with Crippen LogP contribution in [0, 0.1) is 6.92 Å². The lowest BCUT2D eigenvalue weighted by Crippen LogP contribution is -2.49. The number of rotatable bonds is 2. The van der Waals surface area contributed by atoms with Crippen LogP contribution in [0.4, 0.5) is 5.95 Å². The van der Waals surface area contributed by atoms with Crippen LogP contribution in [0.25, 0.3) is 11.4 Å². The first-order chi connectivity index (χ1) is 9.63. The predicted octanol–water partition coefficient (Wildman–Crippen LogP) is 1.28. The highest BCUT2D eigenvalue weighted by Gasteiger charge is 2.19. The van der Waals surface area contributed by atoms with Gasteiger partial charge in [0.15, 0.2) is 5.82 Å². The van der Waals surface area contributed by atoms with Crippen molar-refractivity contribution < 1.29 is 5.11 Å². The van der Waals surface area contributed by atoms with Gasteiger partial charge in [-0.25, -0.2) is 0 Å². The first-order valence-electron chi connectivity index (χ1n) is 6.84. The molecular formula is C14H19N5O. The third-order valence-corrected chi connectivity index (χ3v) is 3.61. The van der Waals surface area contributed by atoms with Crippen LogP contribution in [-0.4, -0.2) is 46.0 Å². The molecule has 0 aliphatic carbocycles. The number of aromatic hydroxyl groups is 1. The number of hydrogen-bond donors (Lipinski definition) is 3. The lowest BCUT2D eigenvalue weighted by Gasteiger charge is -2.30. The highest BCUT2D eigenvalue weighted by Crippen LogP contribution is 2.24. The minimum absolute atomic E-state index is 0.274. The van der Waals surface area contributed by atoms with Crippen LogP contribution in [0.15, 0.2) is 18.2 Å². The molecule has 1 aliphatic rings. The molecule has 1 saturated heterocycles. The Bertz CT molecular complexity index is 609. The maximum Gasteiger partial charge on any atom is 0.245 e. The second kappa shape index (κ2) is 5.13. The zero-order valence-electron chi connectivity index (χ0n) is 11.7. The molecule has 0 spiro atoms. The molecule has 0 radical (unpaired) electrons. The van der Waals surface area contributed by atoms with Gasteiger partial charge in [0, 0.05) is 31.2 Å². The molecule has 6 nitrogen and oxygen atoms in total. The molecule has 3 rings (SSSR count). The number of benzene rings is 1. The Hall–Kier alpha value is -2.08. The van der Waals surface area contributed by atoms with Crippen LogP contribution in [0.2, 0.25) is 0 Å². The lowest BCUT2D eigenvalue weighted by atomic mass is 10.1. The van der Waals surface area contributed by atoms with E-state index >= 15 is 0 Å². The van der Waals surface area contributed by atoms with Crippen LogP contribution >= 0.6 is 0 Å². The zero-order valence-corrected chi connectivity index (χ0v) is 11.7. The fourth-order valence-electron chi connectivity index (χ4n) is 2.39. The molecule has 3 N–H and O–H groups in total. The highest BCUT2D eigenvalue weighted by atomic mass is 16.3. The summed E-state index contributed by atoms with van der Waals surface area (Å²) in [5.41, 5.74) is 1.69. The van der Waals surface area contributed by atoms with E-state index in [1.807, 2.05) is 19.1 Å². The summed E-state index contributed by atoms with van der Waals surface area (Å²) in [4.78, 5) is 6.69. The number of phenols is 1. The van der Waals surface area contributed by atoms with E-state index in [4.69, 9.17) is 0 Å². The first-order valence-corrected chi connectivity index (χ1v) is 6.84. The van der Waals surface area contributed by atoms with Gasteiger partial charge < -0.3 is 15.3 Å². The molecule has 1 aliphatic heterocycles. The van der Waals surface area contributed by atoms with Crippen LogP contribution in [-0.2, 0) is 0 Å². The molecule has 106 valence electrons. The average Bonchev–Trinajstić information content (AvgIpc) is 2.92. The number of phenolic OH excluding ortho intramolecular Hbond substituents is 1. The van der Waals surface area contributed by atoms with Gasteiger partial charge in [-0.2, -0.15) is 4.98 Å². The Morgan fingerprint density at radius 2 is 2.25 bits per heavy atom. The van der Waals surface area contributed by atoms with Gasteiger partial charge >= 0.3 is 0 Å². The van der Waals surface area contributed by atoms with Crippen molar-refractivity contribution in [1.29, 1.82) is 0 Å². The number of aromatic amines is 1. The topological polar surface area (TPSA) is 77.1 Å². The molecule has 0 saturated carbocycles. The van der Waals surface area contributed by atoms with E-state index in [-0.39, 0.29) is 5.75 Å². The molecule has 6 heteroatoms. The molecule has 0 bridgehead atoms. The van der Waals surface area contributed by atoms with E-state index in [1.165, 1.54) is 0 Å². The van der Waals surface area contributed by atoms with Crippen LogP contribution < -0.4 is 10.2 Å². The average molecular weight is 273 g/mol. The summed E-state index contributed by atoms with van der Waals surface area (Å²) in [6, 6.07) is 5.95. The van der Waals surface area contributed by atoms with Gasteiger partial charge in [-0.05, 0) is 25.5 Å². The number of nitrogens with one attached hydrogen (secondary N) is 2. The summed E-state index contributed by atoms with van der Waals surface area (Å²) in [7, 11) is 0. The van der Waals surface area contributed by atoms with Crippen molar-refractivity contribution in [3.63, 3.8) is 0 Å². The van der Waals surface area contributed by atoms with Gasteiger partial charge in [-0.15, -0.1) is 5.10 Å². The van der Waals surface area contributed by atoms with Crippen LogP contribution in [0.3, 0.4) is 0 Å². The highest BCUT2D eigenvalue weighted by molar-refractivity contribution is 5.60. The Balaban J connectivity index is 1.84. The SMILES string of the molecule is Cc1ccc(-c2nc(N3CCN[C@@H](C)C3)n[nH]2)cc1O. The predicted molar refractivity (Wildman–Crippen MR) is 77.9 cm³/mol. The van der Waals surface area contributed by atoms with E-state index in [9.17, 15) is 5.11 Å². The Kier molecular flexibility index (Phi) is 3.31. The molecule has 1 aromatic carbocycles. The number of piperazine rings is 1. The molecule has 2 aromatic rings. The van der Waals surface area contributed by atoms with Crippen molar-refractivity contribution in [2.45, 2.75) is 19.9 Å². The van der Waals surface area contributed by atoms with Gasteiger partial charge in [0.2, 0.25) is 5.95 Å². The smallest absolute Gasteiger partial charge is 0.245 e. The van der Waals surface area contributed by atoms with Crippen LogP contribution in [0.5, 0.6) is 5.75 Å². The normalized spacial score (nSPS) is 19.3. The minimum Gasteiger partial charge on any atom is -0.508 e. The lowest BCUT2D eigenvalue weighted by molar-refractivity contribution is 0.471. The van der Waals surface area contributed by atoms with Crippen molar-refractivity contribution in [2.75, 3.05) is 24.5 Å². The molecular weight excluding hydrogens is 254 g/mol. The number of anilines is 1. The molecule has 1 fully saturated rings.